The molecule has 0 aliphatic heterocycles. The number of ether oxygens (including phenoxy) is 3. The molecule has 0 saturated heterocycles. The third kappa shape index (κ3) is 13.3. The van der Waals surface area contributed by atoms with Gasteiger partial charge in [-0.3, -0.25) is 14.4 Å². The molecule has 0 fully saturated rings. The fourth-order valence-corrected chi connectivity index (χ4v) is 1.62. The van der Waals surface area contributed by atoms with Crippen LogP contribution < -0.4 is 0 Å². The molecule has 0 saturated carbocycles. The minimum atomic E-state index is -0.513. The maximum absolute atomic E-state index is 11.5. The Morgan fingerprint density at radius 1 is 0.952 bits per heavy atom. The van der Waals surface area contributed by atoms with Crippen molar-refractivity contribution in [1.82, 2.24) is 0 Å². The third-order valence-corrected chi connectivity index (χ3v) is 2.73. The van der Waals surface area contributed by atoms with Gasteiger partial charge in [-0.2, -0.15) is 0 Å². The number of ketones is 1. The number of rotatable bonds is 12. The number of carbonyl (C=O) groups is 3. The summed E-state index contributed by atoms with van der Waals surface area (Å²) in [5.74, 6) is -0.802. The lowest BCUT2D eigenvalue weighted by Gasteiger charge is -2.12. The molecule has 0 bridgehead atoms. The number of carbonyl (C=O) groups excluding carboxylic acids is 3. The molecular weight excluding hydrogens is 276 g/mol. The fourth-order valence-electron chi connectivity index (χ4n) is 1.62. The SMILES string of the molecule is COCCCCCC(=O)O[C@H](C)CC(=O)OCCC(C)=O. The Morgan fingerprint density at radius 3 is 2.29 bits per heavy atom. The van der Waals surface area contributed by atoms with Crippen molar-refractivity contribution in [1.29, 1.82) is 0 Å². The fraction of sp³-hybridized carbons (Fsp3) is 0.800. The summed E-state index contributed by atoms with van der Waals surface area (Å²) in [6, 6.07) is 0. The van der Waals surface area contributed by atoms with Crippen molar-refractivity contribution in [3.05, 3.63) is 0 Å². The minimum absolute atomic E-state index is 0.00726. The summed E-state index contributed by atoms with van der Waals surface area (Å²) in [4.78, 5) is 33.6. The Balaban J connectivity index is 3.66. The highest BCUT2D eigenvalue weighted by molar-refractivity contribution is 5.76. The van der Waals surface area contributed by atoms with Gasteiger partial charge in [0.1, 0.15) is 11.9 Å². The summed E-state index contributed by atoms with van der Waals surface area (Å²) >= 11 is 0. The van der Waals surface area contributed by atoms with Gasteiger partial charge in [-0.1, -0.05) is 6.42 Å². The molecule has 0 radical (unpaired) electrons. The van der Waals surface area contributed by atoms with E-state index in [-0.39, 0.29) is 31.2 Å². The van der Waals surface area contributed by atoms with E-state index in [0.29, 0.717) is 13.0 Å². The van der Waals surface area contributed by atoms with E-state index in [0.717, 1.165) is 19.3 Å². The summed E-state index contributed by atoms with van der Waals surface area (Å²) in [5, 5.41) is 0. The standard InChI is InChI=1S/C15H26O6/c1-12(16)8-10-20-15(18)11-13(2)21-14(17)7-5-4-6-9-19-3/h13H,4-11H2,1-3H3/t13-/m1/s1. The zero-order chi connectivity index (χ0) is 16.1. The second-order valence-electron chi connectivity index (χ2n) is 4.98. The Labute approximate surface area is 126 Å². The summed E-state index contributed by atoms with van der Waals surface area (Å²) in [6.45, 7) is 3.85. The first kappa shape index (κ1) is 19.6. The van der Waals surface area contributed by atoms with Gasteiger partial charge in [0.05, 0.1) is 13.0 Å². The first-order valence-corrected chi connectivity index (χ1v) is 7.29. The summed E-state index contributed by atoms with van der Waals surface area (Å²) in [5.41, 5.74) is 0. The molecule has 0 heterocycles. The van der Waals surface area contributed by atoms with E-state index < -0.39 is 12.1 Å². The second kappa shape index (κ2) is 12.3. The predicted molar refractivity (Wildman–Crippen MR) is 76.8 cm³/mol. The number of methoxy groups -OCH3 is 1. The summed E-state index contributed by atoms with van der Waals surface area (Å²) in [6.07, 6.45) is 2.62. The topological polar surface area (TPSA) is 78.9 Å². The Hall–Kier alpha value is -1.43. The van der Waals surface area contributed by atoms with Crippen molar-refractivity contribution >= 4 is 17.7 Å². The number of hydrogen-bond acceptors (Lipinski definition) is 6. The molecule has 6 nitrogen and oxygen atoms in total. The highest BCUT2D eigenvalue weighted by Gasteiger charge is 2.14. The Morgan fingerprint density at radius 2 is 1.67 bits per heavy atom. The molecule has 0 rings (SSSR count). The molecule has 0 unspecified atom stereocenters. The normalized spacial score (nSPS) is 11.8. The smallest absolute Gasteiger partial charge is 0.309 e. The molecule has 0 aliphatic rings. The van der Waals surface area contributed by atoms with Gasteiger partial charge >= 0.3 is 11.9 Å². The van der Waals surface area contributed by atoms with Gasteiger partial charge in [0.2, 0.25) is 0 Å². The molecule has 0 aliphatic carbocycles. The second-order valence-corrected chi connectivity index (χ2v) is 4.98. The average Bonchev–Trinajstić information content (AvgIpc) is 2.37. The molecule has 0 aromatic heterocycles. The van der Waals surface area contributed by atoms with Gasteiger partial charge in [0.25, 0.3) is 0 Å². The van der Waals surface area contributed by atoms with E-state index in [2.05, 4.69) is 0 Å². The van der Waals surface area contributed by atoms with E-state index in [4.69, 9.17) is 14.2 Å². The molecular formula is C15H26O6. The predicted octanol–water partition coefficient (Wildman–Crippen LogP) is 2.04. The van der Waals surface area contributed by atoms with Gasteiger partial charge in [0.15, 0.2) is 0 Å². The van der Waals surface area contributed by atoms with E-state index >= 15 is 0 Å². The lowest BCUT2D eigenvalue weighted by molar-refractivity contribution is -0.154. The number of Topliss-reactive ketones (excluding diaryl/α,β-unsaturated/α-hetero) is 1. The molecule has 0 amide bonds. The monoisotopic (exact) mass is 302 g/mol. The van der Waals surface area contributed by atoms with Crippen LogP contribution in [0.3, 0.4) is 0 Å². The van der Waals surface area contributed by atoms with E-state index in [1.54, 1.807) is 14.0 Å². The molecule has 0 aromatic carbocycles. The van der Waals surface area contributed by atoms with E-state index in [1.807, 2.05) is 0 Å². The van der Waals surface area contributed by atoms with Crippen molar-refractivity contribution in [2.45, 2.75) is 58.5 Å². The van der Waals surface area contributed by atoms with E-state index in [1.165, 1.54) is 6.92 Å². The quantitative estimate of drug-likeness (QED) is 0.405. The van der Waals surface area contributed by atoms with Crippen LogP contribution in [0.4, 0.5) is 0 Å². The molecule has 0 aromatic rings. The molecule has 21 heavy (non-hydrogen) atoms. The van der Waals surface area contributed by atoms with Crippen molar-refractivity contribution in [3.8, 4) is 0 Å². The van der Waals surface area contributed by atoms with Crippen LogP contribution in [0.15, 0.2) is 0 Å². The zero-order valence-electron chi connectivity index (χ0n) is 13.2. The van der Waals surface area contributed by atoms with Crippen LogP contribution in [-0.2, 0) is 28.6 Å². The van der Waals surface area contributed by atoms with Crippen molar-refractivity contribution in [2.75, 3.05) is 20.3 Å². The minimum Gasteiger partial charge on any atom is -0.465 e. The zero-order valence-corrected chi connectivity index (χ0v) is 13.2. The van der Waals surface area contributed by atoms with Crippen molar-refractivity contribution in [3.63, 3.8) is 0 Å². The summed E-state index contributed by atoms with van der Waals surface area (Å²) < 4.78 is 14.9. The largest absolute Gasteiger partial charge is 0.465 e. The van der Waals surface area contributed by atoms with Gasteiger partial charge in [-0.15, -0.1) is 0 Å². The molecule has 1 atom stereocenters. The Bertz CT molecular complexity index is 326. The Kier molecular flexibility index (Phi) is 11.5. The molecule has 0 N–H and O–H groups in total. The van der Waals surface area contributed by atoms with Crippen LogP contribution in [0.2, 0.25) is 0 Å². The number of hydrogen-bond donors (Lipinski definition) is 0. The third-order valence-electron chi connectivity index (χ3n) is 2.73. The molecule has 122 valence electrons. The highest BCUT2D eigenvalue weighted by atomic mass is 16.6. The lowest BCUT2D eigenvalue weighted by Crippen LogP contribution is -2.20. The van der Waals surface area contributed by atoms with Crippen LogP contribution in [-0.4, -0.2) is 44.1 Å². The van der Waals surface area contributed by atoms with Crippen LogP contribution in [0.5, 0.6) is 0 Å². The number of unbranched alkanes of at least 4 members (excludes halogenated alkanes) is 2. The van der Waals surface area contributed by atoms with Gasteiger partial charge < -0.3 is 14.2 Å². The van der Waals surface area contributed by atoms with Gasteiger partial charge in [-0.25, -0.2) is 0 Å². The molecule has 6 heteroatoms. The lowest BCUT2D eigenvalue weighted by atomic mass is 10.2. The van der Waals surface area contributed by atoms with Crippen LogP contribution in [0.1, 0.15) is 52.4 Å². The highest BCUT2D eigenvalue weighted by Crippen LogP contribution is 2.06. The van der Waals surface area contributed by atoms with Gasteiger partial charge in [0, 0.05) is 26.6 Å². The van der Waals surface area contributed by atoms with Crippen LogP contribution in [0, 0.1) is 0 Å². The maximum Gasteiger partial charge on any atom is 0.309 e. The van der Waals surface area contributed by atoms with Crippen molar-refractivity contribution in [2.24, 2.45) is 0 Å². The van der Waals surface area contributed by atoms with Crippen LogP contribution >= 0.6 is 0 Å². The average molecular weight is 302 g/mol. The van der Waals surface area contributed by atoms with Gasteiger partial charge in [-0.05, 0) is 26.7 Å². The maximum atomic E-state index is 11.5. The van der Waals surface area contributed by atoms with Crippen molar-refractivity contribution < 1.29 is 28.6 Å². The first-order chi connectivity index (χ1) is 9.95. The molecule has 0 spiro atoms. The van der Waals surface area contributed by atoms with Crippen LogP contribution in [0.25, 0.3) is 0 Å². The van der Waals surface area contributed by atoms with E-state index in [9.17, 15) is 14.4 Å². The summed E-state index contributed by atoms with van der Waals surface area (Å²) in [7, 11) is 1.64. The number of esters is 2. The first-order valence-electron chi connectivity index (χ1n) is 7.29.